The number of methoxy groups -OCH3 is 2. The van der Waals surface area contributed by atoms with Gasteiger partial charge in [-0.25, -0.2) is 0 Å². The number of thioether (sulfide) groups is 1. The summed E-state index contributed by atoms with van der Waals surface area (Å²) in [7, 11) is 3.26. The predicted octanol–water partition coefficient (Wildman–Crippen LogP) is 4.36. The van der Waals surface area contributed by atoms with Crippen molar-refractivity contribution in [3.63, 3.8) is 0 Å². The van der Waals surface area contributed by atoms with Crippen LogP contribution in [0.1, 0.15) is 5.56 Å². The van der Waals surface area contributed by atoms with Crippen molar-refractivity contribution in [1.29, 1.82) is 0 Å². The van der Waals surface area contributed by atoms with Gasteiger partial charge in [0.2, 0.25) is 5.91 Å². The van der Waals surface area contributed by atoms with Crippen molar-refractivity contribution < 1.29 is 14.3 Å². The number of carbonyl (C=O) groups excluding carboxylic acids is 1. The second kappa shape index (κ2) is 10.7. The zero-order valence-corrected chi connectivity index (χ0v) is 19.2. The molecule has 0 saturated heterocycles. The second-order valence-electron chi connectivity index (χ2n) is 7.12. The molecule has 3 aromatic carbocycles. The molecule has 0 radical (unpaired) electrons. The van der Waals surface area contributed by atoms with Gasteiger partial charge in [0.1, 0.15) is 11.5 Å². The summed E-state index contributed by atoms with van der Waals surface area (Å²) in [4.78, 5) is 12.4. The van der Waals surface area contributed by atoms with Crippen molar-refractivity contribution in [3.8, 4) is 28.6 Å². The van der Waals surface area contributed by atoms with E-state index < -0.39 is 0 Å². The van der Waals surface area contributed by atoms with Crippen LogP contribution in [-0.2, 0) is 11.3 Å². The van der Waals surface area contributed by atoms with Gasteiger partial charge in [0.15, 0.2) is 11.0 Å². The number of nitrogens with one attached hydrogen (secondary N) is 1. The molecule has 0 aliphatic rings. The van der Waals surface area contributed by atoms with Crippen LogP contribution in [0, 0.1) is 0 Å². The molecule has 4 aromatic rings. The van der Waals surface area contributed by atoms with Gasteiger partial charge < -0.3 is 14.8 Å². The van der Waals surface area contributed by atoms with Crippen LogP contribution >= 0.6 is 11.8 Å². The summed E-state index contributed by atoms with van der Waals surface area (Å²) in [6.45, 7) is 0.489. The highest BCUT2D eigenvalue weighted by Crippen LogP contribution is 2.29. The maximum absolute atomic E-state index is 12.4. The number of hydrogen-bond donors (Lipinski definition) is 1. The molecule has 0 saturated carbocycles. The molecule has 0 fully saturated rings. The first-order valence-corrected chi connectivity index (χ1v) is 11.3. The molecule has 0 aliphatic heterocycles. The molecule has 0 spiro atoms. The number of aromatic nitrogens is 3. The standard InChI is InChI=1S/C25H24N4O3S/c1-31-21-12-8-19(9-13-21)24-27-28-25(29(24)20-10-14-22(32-2)15-11-20)33-17-23(30)26-16-18-6-4-3-5-7-18/h3-15H,16-17H2,1-2H3,(H,26,30). The van der Waals surface area contributed by atoms with Gasteiger partial charge >= 0.3 is 0 Å². The summed E-state index contributed by atoms with van der Waals surface area (Å²) in [5.74, 6) is 2.35. The van der Waals surface area contributed by atoms with Crippen molar-refractivity contribution in [1.82, 2.24) is 20.1 Å². The zero-order valence-electron chi connectivity index (χ0n) is 18.4. The Bertz CT molecular complexity index is 1190. The third kappa shape index (κ3) is 5.53. The Hall–Kier alpha value is -3.78. The van der Waals surface area contributed by atoms with E-state index in [0.717, 1.165) is 28.3 Å². The Morgan fingerprint density at radius 1 is 0.879 bits per heavy atom. The summed E-state index contributed by atoms with van der Waals surface area (Å²) in [5, 5.41) is 12.4. The predicted molar refractivity (Wildman–Crippen MR) is 129 cm³/mol. The highest BCUT2D eigenvalue weighted by Gasteiger charge is 2.17. The van der Waals surface area contributed by atoms with Gasteiger partial charge in [-0.2, -0.15) is 0 Å². The Labute approximate surface area is 196 Å². The number of amides is 1. The zero-order chi connectivity index (χ0) is 23.0. The average molecular weight is 461 g/mol. The van der Waals surface area contributed by atoms with E-state index in [0.29, 0.717) is 17.5 Å². The number of ether oxygens (including phenoxy) is 2. The fraction of sp³-hybridized carbons (Fsp3) is 0.160. The van der Waals surface area contributed by atoms with E-state index in [4.69, 9.17) is 9.47 Å². The minimum Gasteiger partial charge on any atom is -0.497 e. The maximum Gasteiger partial charge on any atom is 0.230 e. The number of hydrogen-bond acceptors (Lipinski definition) is 6. The molecule has 0 aliphatic carbocycles. The highest BCUT2D eigenvalue weighted by atomic mass is 32.2. The first-order chi connectivity index (χ1) is 16.2. The van der Waals surface area contributed by atoms with E-state index in [1.54, 1.807) is 14.2 Å². The van der Waals surface area contributed by atoms with E-state index in [-0.39, 0.29) is 11.7 Å². The molecule has 0 bridgehead atoms. The average Bonchev–Trinajstić information content (AvgIpc) is 3.31. The Balaban J connectivity index is 1.56. The smallest absolute Gasteiger partial charge is 0.230 e. The Morgan fingerprint density at radius 3 is 2.15 bits per heavy atom. The SMILES string of the molecule is COc1ccc(-c2nnc(SCC(=O)NCc3ccccc3)n2-c2ccc(OC)cc2)cc1. The van der Waals surface area contributed by atoms with Crippen LogP contribution in [0.15, 0.2) is 84.0 Å². The summed E-state index contributed by atoms with van der Waals surface area (Å²) in [5.41, 5.74) is 2.82. The van der Waals surface area contributed by atoms with Crippen molar-refractivity contribution in [2.24, 2.45) is 0 Å². The molecule has 1 N–H and O–H groups in total. The highest BCUT2D eigenvalue weighted by molar-refractivity contribution is 7.99. The van der Waals surface area contributed by atoms with Crippen LogP contribution < -0.4 is 14.8 Å². The number of nitrogens with zero attached hydrogens (tertiary/aromatic N) is 3. The maximum atomic E-state index is 12.4. The lowest BCUT2D eigenvalue weighted by Gasteiger charge is -2.11. The van der Waals surface area contributed by atoms with Crippen LogP contribution in [0.4, 0.5) is 0 Å². The molecule has 0 unspecified atom stereocenters. The lowest BCUT2D eigenvalue weighted by Crippen LogP contribution is -2.24. The van der Waals surface area contributed by atoms with Crippen LogP contribution in [-0.4, -0.2) is 40.6 Å². The molecule has 168 valence electrons. The molecule has 4 rings (SSSR count). The third-order valence-corrected chi connectivity index (χ3v) is 5.91. The molecule has 0 atom stereocenters. The lowest BCUT2D eigenvalue weighted by molar-refractivity contribution is -0.118. The third-order valence-electron chi connectivity index (χ3n) is 4.98. The fourth-order valence-electron chi connectivity index (χ4n) is 3.23. The van der Waals surface area contributed by atoms with Crippen molar-refractivity contribution in [3.05, 3.63) is 84.4 Å². The van der Waals surface area contributed by atoms with Crippen LogP contribution in [0.5, 0.6) is 11.5 Å². The minimum atomic E-state index is -0.0702. The first kappa shape index (κ1) is 22.4. The monoisotopic (exact) mass is 460 g/mol. The molecule has 1 heterocycles. The van der Waals surface area contributed by atoms with Crippen LogP contribution in [0.3, 0.4) is 0 Å². The van der Waals surface area contributed by atoms with E-state index in [2.05, 4.69) is 15.5 Å². The molecule has 8 heteroatoms. The molecular formula is C25H24N4O3S. The van der Waals surface area contributed by atoms with Gasteiger partial charge in [0, 0.05) is 17.8 Å². The van der Waals surface area contributed by atoms with Gasteiger partial charge in [0.05, 0.1) is 20.0 Å². The van der Waals surface area contributed by atoms with Crippen molar-refractivity contribution >= 4 is 17.7 Å². The van der Waals surface area contributed by atoms with E-state index >= 15 is 0 Å². The molecule has 1 amide bonds. The second-order valence-corrected chi connectivity index (χ2v) is 8.06. The van der Waals surface area contributed by atoms with Crippen molar-refractivity contribution in [2.75, 3.05) is 20.0 Å². The topological polar surface area (TPSA) is 78.3 Å². The first-order valence-electron chi connectivity index (χ1n) is 10.4. The summed E-state index contributed by atoms with van der Waals surface area (Å²) < 4.78 is 12.5. The van der Waals surface area contributed by atoms with Gasteiger partial charge in [-0.15, -0.1) is 10.2 Å². The van der Waals surface area contributed by atoms with Gasteiger partial charge in [-0.3, -0.25) is 9.36 Å². The van der Waals surface area contributed by atoms with E-state index in [9.17, 15) is 4.79 Å². The fourth-order valence-corrected chi connectivity index (χ4v) is 4.01. The number of benzene rings is 3. The van der Waals surface area contributed by atoms with Gasteiger partial charge in [-0.1, -0.05) is 42.1 Å². The number of carbonyl (C=O) groups is 1. The van der Waals surface area contributed by atoms with Crippen LogP contribution in [0.2, 0.25) is 0 Å². The number of rotatable bonds is 9. The molecule has 1 aromatic heterocycles. The Kier molecular flexibility index (Phi) is 7.26. The van der Waals surface area contributed by atoms with Crippen LogP contribution in [0.25, 0.3) is 17.1 Å². The lowest BCUT2D eigenvalue weighted by atomic mass is 10.2. The van der Waals surface area contributed by atoms with E-state index in [1.807, 2.05) is 83.4 Å². The van der Waals surface area contributed by atoms with Gasteiger partial charge in [-0.05, 0) is 54.1 Å². The van der Waals surface area contributed by atoms with Gasteiger partial charge in [0.25, 0.3) is 0 Å². The summed E-state index contributed by atoms with van der Waals surface area (Å²) in [6, 6.07) is 25.1. The van der Waals surface area contributed by atoms with E-state index in [1.165, 1.54) is 11.8 Å². The normalized spacial score (nSPS) is 10.6. The quantitative estimate of drug-likeness (QED) is 0.374. The molecular weight excluding hydrogens is 436 g/mol. The summed E-state index contributed by atoms with van der Waals surface area (Å²) >= 11 is 1.34. The minimum absolute atomic E-state index is 0.0702. The molecule has 7 nitrogen and oxygen atoms in total. The largest absolute Gasteiger partial charge is 0.497 e. The molecule has 33 heavy (non-hydrogen) atoms. The summed E-state index contributed by atoms with van der Waals surface area (Å²) in [6.07, 6.45) is 0. The Morgan fingerprint density at radius 2 is 1.52 bits per heavy atom. The van der Waals surface area contributed by atoms with Crippen molar-refractivity contribution in [2.45, 2.75) is 11.7 Å².